The van der Waals surface area contributed by atoms with E-state index in [2.05, 4.69) is 5.32 Å². The maximum atomic E-state index is 13.3. The minimum Gasteiger partial charge on any atom is -0.306 e. The molecule has 0 aliphatic carbocycles. The maximum absolute atomic E-state index is 13.3. The molecule has 102 valence electrons. The Bertz CT molecular complexity index is 517. The molecule has 0 saturated carbocycles. The van der Waals surface area contributed by atoms with E-state index in [1.54, 1.807) is 0 Å². The van der Waals surface area contributed by atoms with Gasteiger partial charge in [0.2, 0.25) is 0 Å². The van der Waals surface area contributed by atoms with Crippen LogP contribution in [0.25, 0.3) is 0 Å². The topological polar surface area (TPSA) is 12.0 Å². The largest absolute Gasteiger partial charge is 0.306 e. The first kappa shape index (κ1) is 14.1. The van der Waals surface area contributed by atoms with E-state index in [4.69, 9.17) is 0 Å². The van der Waals surface area contributed by atoms with Crippen LogP contribution in [0.4, 0.5) is 13.2 Å². The van der Waals surface area contributed by atoms with E-state index < -0.39 is 17.5 Å². The lowest BCUT2D eigenvalue weighted by Gasteiger charge is -2.18. The van der Waals surface area contributed by atoms with E-state index in [1.807, 2.05) is 23.8 Å². The van der Waals surface area contributed by atoms with Crippen molar-refractivity contribution in [2.24, 2.45) is 0 Å². The van der Waals surface area contributed by atoms with Gasteiger partial charge in [-0.1, -0.05) is 6.92 Å². The molecule has 0 aliphatic heterocycles. The summed E-state index contributed by atoms with van der Waals surface area (Å²) in [5.74, 6) is -3.75. The van der Waals surface area contributed by atoms with Crippen LogP contribution >= 0.6 is 11.3 Å². The average Bonchev–Trinajstić information content (AvgIpc) is 2.90. The third-order valence-electron chi connectivity index (χ3n) is 2.81. The van der Waals surface area contributed by atoms with Crippen LogP contribution in [0.15, 0.2) is 29.0 Å². The molecule has 0 fully saturated rings. The van der Waals surface area contributed by atoms with Gasteiger partial charge in [0.15, 0.2) is 17.5 Å². The van der Waals surface area contributed by atoms with Gasteiger partial charge in [-0.3, -0.25) is 0 Å². The molecule has 0 spiro atoms. The molecule has 1 N–H and O–H groups in total. The fourth-order valence-corrected chi connectivity index (χ4v) is 2.58. The van der Waals surface area contributed by atoms with Gasteiger partial charge in [0.05, 0.1) is 6.04 Å². The van der Waals surface area contributed by atoms with Crippen molar-refractivity contribution in [3.63, 3.8) is 0 Å². The van der Waals surface area contributed by atoms with Crippen molar-refractivity contribution in [1.82, 2.24) is 5.32 Å². The SMILES string of the molecule is CCCNC(c1ccsc1)c1cc(F)c(F)c(F)c1. The quantitative estimate of drug-likeness (QED) is 0.810. The van der Waals surface area contributed by atoms with Crippen molar-refractivity contribution in [3.05, 3.63) is 57.5 Å². The predicted octanol–water partition coefficient (Wildman–Crippen LogP) is 4.25. The van der Waals surface area contributed by atoms with Crippen LogP contribution in [0.5, 0.6) is 0 Å². The second-order valence-corrected chi connectivity index (χ2v) is 5.02. The van der Waals surface area contributed by atoms with Gasteiger partial charge in [-0.15, -0.1) is 0 Å². The number of thiophene rings is 1. The number of benzene rings is 1. The molecule has 1 atom stereocenters. The minimum atomic E-state index is -1.43. The second kappa shape index (κ2) is 6.21. The highest BCUT2D eigenvalue weighted by atomic mass is 32.1. The van der Waals surface area contributed by atoms with Gasteiger partial charge in [0.25, 0.3) is 0 Å². The minimum absolute atomic E-state index is 0.323. The van der Waals surface area contributed by atoms with Gasteiger partial charge in [-0.05, 0) is 53.1 Å². The van der Waals surface area contributed by atoms with Crippen LogP contribution in [-0.2, 0) is 0 Å². The van der Waals surface area contributed by atoms with Crippen molar-refractivity contribution in [2.75, 3.05) is 6.54 Å². The van der Waals surface area contributed by atoms with Gasteiger partial charge in [-0.2, -0.15) is 11.3 Å². The van der Waals surface area contributed by atoms with Crippen molar-refractivity contribution in [3.8, 4) is 0 Å². The van der Waals surface area contributed by atoms with Crippen molar-refractivity contribution < 1.29 is 13.2 Å². The molecule has 1 nitrogen and oxygen atoms in total. The molecule has 0 amide bonds. The summed E-state index contributed by atoms with van der Waals surface area (Å²) >= 11 is 1.51. The molecule has 0 bridgehead atoms. The predicted molar refractivity (Wildman–Crippen MR) is 70.8 cm³/mol. The summed E-state index contributed by atoms with van der Waals surface area (Å²) in [6.07, 6.45) is 0.896. The van der Waals surface area contributed by atoms with Gasteiger partial charge >= 0.3 is 0 Å². The highest BCUT2D eigenvalue weighted by Gasteiger charge is 2.18. The molecule has 1 aromatic carbocycles. The summed E-state index contributed by atoms with van der Waals surface area (Å²) in [5, 5.41) is 7.02. The Morgan fingerprint density at radius 2 is 1.84 bits per heavy atom. The third kappa shape index (κ3) is 3.16. The van der Waals surface area contributed by atoms with Crippen molar-refractivity contribution in [2.45, 2.75) is 19.4 Å². The van der Waals surface area contributed by atoms with Gasteiger partial charge in [0.1, 0.15) is 0 Å². The van der Waals surface area contributed by atoms with E-state index in [-0.39, 0.29) is 6.04 Å². The van der Waals surface area contributed by atoms with Crippen LogP contribution < -0.4 is 5.32 Å². The molecular weight excluding hydrogens is 271 g/mol. The summed E-state index contributed by atoms with van der Waals surface area (Å²) in [5.41, 5.74) is 1.31. The number of hydrogen-bond donors (Lipinski definition) is 1. The van der Waals surface area contributed by atoms with E-state index in [9.17, 15) is 13.2 Å². The smallest absolute Gasteiger partial charge is 0.194 e. The Balaban J connectivity index is 2.38. The van der Waals surface area contributed by atoms with E-state index >= 15 is 0 Å². The summed E-state index contributed by atoms with van der Waals surface area (Å²) < 4.78 is 39.6. The monoisotopic (exact) mass is 285 g/mol. The van der Waals surface area contributed by atoms with E-state index in [1.165, 1.54) is 11.3 Å². The molecule has 5 heteroatoms. The molecular formula is C14H14F3NS. The molecule has 0 saturated heterocycles. The lowest BCUT2D eigenvalue weighted by atomic mass is 10.0. The molecule has 19 heavy (non-hydrogen) atoms. The Morgan fingerprint density at radius 1 is 1.16 bits per heavy atom. The normalized spacial score (nSPS) is 12.6. The average molecular weight is 285 g/mol. The van der Waals surface area contributed by atoms with Crippen LogP contribution in [0, 0.1) is 17.5 Å². The number of rotatable bonds is 5. The molecule has 0 aliphatic rings. The lowest BCUT2D eigenvalue weighted by molar-refractivity contribution is 0.442. The maximum Gasteiger partial charge on any atom is 0.194 e. The Morgan fingerprint density at radius 3 is 2.37 bits per heavy atom. The lowest BCUT2D eigenvalue weighted by Crippen LogP contribution is -2.23. The first-order valence-electron chi connectivity index (χ1n) is 6.03. The van der Waals surface area contributed by atoms with Gasteiger partial charge < -0.3 is 5.32 Å². The molecule has 2 aromatic rings. The second-order valence-electron chi connectivity index (χ2n) is 4.24. The summed E-state index contributed by atoms with van der Waals surface area (Å²) in [4.78, 5) is 0. The third-order valence-corrected chi connectivity index (χ3v) is 3.52. The van der Waals surface area contributed by atoms with E-state index in [0.717, 1.165) is 24.1 Å². The molecule has 1 heterocycles. The zero-order valence-corrected chi connectivity index (χ0v) is 11.2. The van der Waals surface area contributed by atoms with Crippen LogP contribution in [0.3, 0.4) is 0 Å². The fourth-order valence-electron chi connectivity index (χ4n) is 1.90. The number of halogens is 3. The zero-order valence-electron chi connectivity index (χ0n) is 10.4. The molecule has 0 radical (unpaired) electrons. The summed E-state index contributed by atoms with van der Waals surface area (Å²) in [6, 6.07) is 3.65. The Hall–Kier alpha value is -1.33. The Labute approximate surface area is 114 Å². The van der Waals surface area contributed by atoms with Crippen LogP contribution in [-0.4, -0.2) is 6.54 Å². The first-order valence-corrected chi connectivity index (χ1v) is 6.97. The highest BCUT2D eigenvalue weighted by molar-refractivity contribution is 7.08. The molecule has 1 aromatic heterocycles. The van der Waals surface area contributed by atoms with Gasteiger partial charge in [-0.25, -0.2) is 13.2 Å². The van der Waals surface area contributed by atoms with Crippen LogP contribution in [0.2, 0.25) is 0 Å². The van der Waals surface area contributed by atoms with Crippen molar-refractivity contribution >= 4 is 11.3 Å². The zero-order chi connectivity index (χ0) is 13.8. The van der Waals surface area contributed by atoms with E-state index in [0.29, 0.717) is 12.1 Å². The number of nitrogens with one attached hydrogen (secondary N) is 1. The van der Waals surface area contributed by atoms with Gasteiger partial charge in [0, 0.05) is 0 Å². The molecule has 1 unspecified atom stereocenters. The standard InChI is InChI=1S/C14H14F3NS/c1-2-4-18-14(9-3-5-19-8-9)10-6-11(15)13(17)12(16)7-10/h3,5-8,14,18H,2,4H2,1H3. The summed E-state index contributed by atoms with van der Waals surface area (Å²) in [6.45, 7) is 2.71. The van der Waals surface area contributed by atoms with Crippen LogP contribution in [0.1, 0.15) is 30.5 Å². The highest BCUT2D eigenvalue weighted by Crippen LogP contribution is 2.26. The number of hydrogen-bond acceptors (Lipinski definition) is 2. The van der Waals surface area contributed by atoms with Crippen molar-refractivity contribution in [1.29, 1.82) is 0 Å². The fraction of sp³-hybridized carbons (Fsp3) is 0.286. The molecule has 2 rings (SSSR count). The summed E-state index contributed by atoms with van der Waals surface area (Å²) in [7, 11) is 0. The Kier molecular flexibility index (Phi) is 4.61. The first-order chi connectivity index (χ1) is 9.13.